The minimum atomic E-state index is -3.30. The lowest BCUT2D eigenvalue weighted by atomic mass is 10.3. The summed E-state index contributed by atoms with van der Waals surface area (Å²) in [5.41, 5.74) is 0. The van der Waals surface area contributed by atoms with Crippen LogP contribution in [0.1, 0.15) is 19.8 Å². The Kier molecular flexibility index (Phi) is 4.33. The summed E-state index contributed by atoms with van der Waals surface area (Å²) >= 11 is 4.54. The van der Waals surface area contributed by atoms with Gasteiger partial charge >= 0.3 is 11.4 Å². The summed E-state index contributed by atoms with van der Waals surface area (Å²) in [6, 6.07) is 0. The summed E-state index contributed by atoms with van der Waals surface area (Å²) in [5, 5.41) is -3.30. The molecule has 0 aliphatic carbocycles. The zero-order chi connectivity index (χ0) is 8.91. The molecule has 0 spiro atoms. The maximum atomic E-state index is 11.9. The van der Waals surface area contributed by atoms with Crippen LogP contribution < -0.4 is 0 Å². The van der Waals surface area contributed by atoms with Crippen molar-refractivity contribution in [2.24, 2.45) is 0 Å². The lowest BCUT2D eigenvalue weighted by molar-refractivity contribution is -0.144. The van der Waals surface area contributed by atoms with Crippen LogP contribution in [0.5, 0.6) is 0 Å². The molecule has 5 heteroatoms. The number of rotatable bonds is 4. The Bertz CT molecular complexity index is 133. The fourth-order valence-electron chi connectivity index (χ4n) is 0.477. The van der Waals surface area contributed by atoms with E-state index in [1.165, 1.54) is 0 Å². The molecule has 0 amide bonds. The highest BCUT2D eigenvalue weighted by molar-refractivity contribution is 6.21. The van der Waals surface area contributed by atoms with E-state index in [0.717, 1.165) is 0 Å². The molecule has 0 radical (unpaired) electrons. The van der Waals surface area contributed by atoms with E-state index in [-0.39, 0.29) is 13.0 Å². The highest BCUT2D eigenvalue weighted by atomic mass is 35.5. The van der Waals surface area contributed by atoms with E-state index in [1.807, 2.05) is 0 Å². The topological polar surface area (TPSA) is 26.3 Å². The number of halogens is 3. The van der Waals surface area contributed by atoms with Gasteiger partial charge in [0.05, 0.1) is 13.0 Å². The third kappa shape index (κ3) is 7.52. The van der Waals surface area contributed by atoms with Gasteiger partial charge in [-0.25, -0.2) is 0 Å². The SMILES string of the molecule is CCOC(=O)CCC(F)(F)Cl. The van der Waals surface area contributed by atoms with Gasteiger partial charge in [-0.05, 0) is 18.5 Å². The molecule has 0 heterocycles. The molecular weight excluding hydrogens is 178 g/mol. The van der Waals surface area contributed by atoms with Crippen LogP contribution in [0.25, 0.3) is 0 Å². The summed E-state index contributed by atoms with van der Waals surface area (Å²) in [7, 11) is 0. The molecule has 0 fully saturated rings. The minimum absolute atomic E-state index is 0.201. The molecule has 0 unspecified atom stereocenters. The van der Waals surface area contributed by atoms with Crippen molar-refractivity contribution in [1.82, 2.24) is 0 Å². The zero-order valence-electron chi connectivity index (χ0n) is 6.07. The lowest BCUT2D eigenvalue weighted by Gasteiger charge is -2.05. The van der Waals surface area contributed by atoms with Crippen molar-refractivity contribution in [3.8, 4) is 0 Å². The van der Waals surface area contributed by atoms with Crippen LogP contribution in [0.4, 0.5) is 8.78 Å². The van der Waals surface area contributed by atoms with Gasteiger partial charge in [-0.2, -0.15) is 8.78 Å². The van der Waals surface area contributed by atoms with E-state index in [4.69, 9.17) is 0 Å². The van der Waals surface area contributed by atoms with Gasteiger partial charge in [0.25, 0.3) is 0 Å². The van der Waals surface area contributed by atoms with E-state index < -0.39 is 17.8 Å². The number of carbonyl (C=O) groups excluding carboxylic acids is 1. The predicted molar refractivity (Wildman–Crippen MR) is 36.7 cm³/mol. The largest absolute Gasteiger partial charge is 0.466 e. The van der Waals surface area contributed by atoms with E-state index in [0.29, 0.717) is 0 Å². The molecule has 0 aromatic carbocycles. The van der Waals surface area contributed by atoms with Gasteiger partial charge in [0, 0.05) is 6.42 Å². The average Bonchev–Trinajstić information content (AvgIpc) is 1.83. The highest BCUT2D eigenvalue weighted by Gasteiger charge is 2.25. The van der Waals surface area contributed by atoms with Gasteiger partial charge in [0.15, 0.2) is 0 Å². The van der Waals surface area contributed by atoms with Crippen LogP contribution in [0.3, 0.4) is 0 Å². The van der Waals surface area contributed by atoms with Gasteiger partial charge in [-0.1, -0.05) is 0 Å². The van der Waals surface area contributed by atoms with E-state index in [1.54, 1.807) is 6.92 Å². The first-order valence-electron chi connectivity index (χ1n) is 3.18. The summed E-state index contributed by atoms with van der Waals surface area (Å²) < 4.78 is 28.2. The third-order valence-electron chi connectivity index (χ3n) is 0.918. The second-order valence-electron chi connectivity index (χ2n) is 1.92. The van der Waals surface area contributed by atoms with Crippen molar-refractivity contribution in [2.45, 2.75) is 25.1 Å². The van der Waals surface area contributed by atoms with Gasteiger partial charge < -0.3 is 4.74 Å². The molecule has 0 aromatic rings. The van der Waals surface area contributed by atoms with Crippen LogP contribution >= 0.6 is 11.6 Å². The number of carbonyl (C=O) groups is 1. The molecule has 0 atom stereocenters. The normalized spacial score (nSPS) is 11.3. The number of esters is 1. The van der Waals surface area contributed by atoms with Crippen LogP contribution in [-0.4, -0.2) is 18.0 Å². The molecule has 0 aromatic heterocycles. The molecule has 0 saturated heterocycles. The third-order valence-corrected chi connectivity index (χ3v) is 1.11. The Morgan fingerprint density at radius 3 is 2.55 bits per heavy atom. The molecule has 0 bridgehead atoms. The van der Waals surface area contributed by atoms with Crippen LogP contribution in [0.15, 0.2) is 0 Å². The number of ether oxygens (including phenoxy) is 1. The molecule has 0 N–H and O–H groups in total. The van der Waals surface area contributed by atoms with Gasteiger partial charge in [-0.15, -0.1) is 0 Å². The van der Waals surface area contributed by atoms with Crippen molar-refractivity contribution in [1.29, 1.82) is 0 Å². The van der Waals surface area contributed by atoms with Crippen molar-refractivity contribution in [3.05, 3.63) is 0 Å². The Balaban J connectivity index is 3.46. The molecule has 66 valence electrons. The van der Waals surface area contributed by atoms with E-state index >= 15 is 0 Å². The fraction of sp³-hybridized carbons (Fsp3) is 0.833. The Hall–Kier alpha value is -0.380. The number of hydrogen-bond donors (Lipinski definition) is 0. The monoisotopic (exact) mass is 186 g/mol. The molecule has 0 saturated carbocycles. The first kappa shape index (κ1) is 10.6. The summed E-state index contributed by atoms with van der Waals surface area (Å²) in [6.45, 7) is 1.81. The Labute approximate surface area is 68.5 Å². The maximum Gasteiger partial charge on any atom is 0.322 e. The zero-order valence-corrected chi connectivity index (χ0v) is 6.83. The van der Waals surface area contributed by atoms with Crippen LogP contribution in [-0.2, 0) is 9.53 Å². The first-order valence-corrected chi connectivity index (χ1v) is 3.56. The smallest absolute Gasteiger partial charge is 0.322 e. The standard InChI is InChI=1S/C6H9ClF2O2/c1-2-11-5(10)3-4-6(7,8)9/h2-4H2,1H3. The van der Waals surface area contributed by atoms with Gasteiger partial charge in [0.2, 0.25) is 0 Å². The second-order valence-corrected chi connectivity index (χ2v) is 2.47. The van der Waals surface area contributed by atoms with Gasteiger partial charge in [-0.3, -0.25) is 4.79 Å². The molecular formula is C6H9ClF2O2. The lowest BCUT2D eigenvalue weighted by Crippen LogP contribution is -2.11. The second kappa shape index (κ2) is 4.49. The predicted octanol–water partition coefficient (Wildman–Crippen LogP) is 2.16. The van der Waals surface area contributed by atoms with Crippen molar-refractivity contribution < 1.29 is 18.3 Å². The van der Waals surface area contributed by atoms with Crippen LogP contribution in [0.2, 0.25) is 0 Å². The summed E-state index contributed by atoms with van der Waals surface area (Å²) in [4.78, 5) is 10.5. The van der Waals surface area contributed by atoms with Crippen molar-refractivity contribution >= 4 is 17.6 Å². The summed E-state index contributed by atoms with van der Waals surface area (Å²) in [5.74, 6) is -0.646. The molecule has 0 aliphatic heterocycles. The van der Waals surface area contributed by atoms with Gasteiger partial charge in [0.1, 0.15) is 0 Å². The average molecular weight is 187 g/mol. The number of hydrogen-bond acceptors (Lipinski definition) is 2. The molecule has 0 aliphatic rings. The quantitative estimate of drug-likeness (QED) is 0.497. The van der Waals surface area contributed by atoms with Crippen molar-refractivity contribution in [3.63, 3.8) is 0 Å². The molecule has 0 rings (SSSR count). The molecule has 11 heavy (non-hydrogen) atoms. The van der Waals surface area contributed by atoms with Crippen LogP contribution in [0, 0.1) is 0 Å². The highest BCUT2D eigenvalue weighted by Crippen LogP contribution is 2.24. The van der Waals surface area contributed by atoms with Crippen molar-refractivity contribution in [2.75, 3.05) is 6.61 Å². The number of alkyl halides is 3. The van der Waals surface area contributed by atoms with E-state index in [2.05, 4.69) is 16.3 Å². The molecule has 2 nitrogen and oxygen atoms in total. The fourth-order valence-corrected chi connectivity index (χ4v) is 0.571. The maximum absolute atomic E-state index is 11.9. The first-order chi connectivity index (χ1) is 4.95. The summed E-state index contributed by atoms with van der Waals surface area (Å²) in [6.07, 6.45) is -1.02. The Morgan fingerprint density at radius 2 is 2.18 bits per heavy atom. The Morgan fingerprint density at radius 1 is 1.64 bits per heavy atom. The minimum Gasteiger partial charge on any atom is -0.466 e. The van der Waals surface area contributed by atoms with E-state index in [9.17, 15) is 13.6 Å².